The normalized spacial score (nSPS) is 25.4. The highest BCUT2D eigenvalue weighted by molar-refractivity contribution is 5.92. The van der Waals surface area contributed by atoms with Crippen LogP contribution >= 0.6 is 0 Å². The molecule has 1 aliphatic rings. The smallest absolute Gasteiger partial charge is 0.338 e. The van der Waals surface area contributed by atoms with Crippen molar-refractivity contribution in [2.45, 2.75) is 46.1 Å². The van der Waals surface area contributed by atoms with E-state index in [0.29, 0.717) is 35.7 Å². The summed E-state index contributed by atoms with van der Waals surface area (Å²) in [5.41, 5.74) is 8.11. The van der Waals surface area contributed by atoms with Crippen LogP contribution in [0.5, 0.6) is 0 Å². The van der Waals surface area contributed by atoms with Crippen molar-refractivity contribution in [3.05, 3.63) is 23.8 Å². The van der Waals surface area contributed by atoms with E-state index in [4.69, 9.17) is 10.5 Å². The summed E-state index contributed by atoms with van der Waals surface area (Å²) in [5, 5.41) is 3.53. The second-order valence-corrected chi connectivity index (χ2v) is 6.04. The highest BCUT2D eigenvalue weighted by Gasteiger charge is 2.27. The van der Waals surface area contributed by atoms with Gasteiger partial charge in [0.05, 0.1) is 23.5 Å². The zero-order valence-corrected chi connectivity index (χ0v) is 13.2. The number of nitrogens with one attached hydrogen (secondary N) is 1. The van der Waals surface area contributed by atoms with Crippen molar-refractivity contribution >= 4 is 17.3 Å². The van der Waals surface area contributed by atoms with Gasteiger partial charge in [0.1, 0.15) is 0 Å². The van der Waals surface area contributed by atoms with Crippen LogP contribution < -0.4 is 11.1 Å². The van der Waals surface area contributed by atoms with E-state index < -0.39 is 0 Å². The van der Waals surface area contributed by atoms with Gasteiger partial charge in [-0.05, 0) is 43.4 Å². The van der Waals surface area contributed by atoms with Crippen LogP contribution in [-0.2, 0) is 4.74 Å². The predicted molar refractivity (Wildman–Crippen MR) is 86.4 cm³/mol. The van der Waals surface area contributed by atoms with Crippen LogP contribution in [0.1, 0.15) is 50.4 Å². The van der Waals surface area contributed by atoms with Crippen molar-refractivity contribution < 1.29 is 9.53 Å². The Labute approximate surface area is 127 Å². The summed E-state index contributed by atoms with van der Waals surface area (Å²) in [6.45, 7) is 6.77. The highest BCUT2D eigenvalue weighted by atomic mass is 16.5. The quantitative estimate of drug-likeness (QED) is 0.656. The Morgan fingerprint density at radius 2 is 2.14 bits per heavy atom. The molecule has 1 saturated carbocycles. The van der Waals surface area contributed by atoms with Gasteiger partial charge in [0.2, 0.25) is 0 Å². The Morgan fingerprint density at radius 3 is 2.86 bits per heavy atom. The lowest BCUT2D eigenvalue weighted by atomic mass is 9.78. The van der Waals surface area contributed by atoms with Crippen LogP contribution in [0.2, 0.25) is 0 Å². The molecule has 4 heteroatoms. The van der Waals surface area contributed by atoms with Gasteiger partial charge in [-0.2, -0.15) is 0 Å². The number of carbonyl (C=O) groups is 1. The molecule has 1 aromatic rings. The fourth-order valence-corrected chi connectivity index (χ4v) is 3.01. The Bertz CT molecular complexity index is 502. The molecule has 0 saturated heterocycles. The third-order valence-electron chi connectivity index (χ3n) is 4.61. The summed E-state index contributed by atoms with van der Waals surface area (Å²) < 4.78 is 5.04. The van der Waals surface area contributed by atoms with Crippen molar-refractivity contribution in [3.8, 4) is 0 Å². The molecule has 1 fully saturated rings. The number of hydrogen-bond donors (Lipinski definition) is 2. The van der Waals surface area contributed by atoms with E-state index in [9.17, 15) is 4.79 Å². The van der Waals surface area contributed by atoms with E-state index in [-0.39, 0.29) is 5.97 Å². The molecular formula is C17H26N2O2. The largest absolute Gasteiger partial charge is 0.462 e. The molecule has 3 unspecified atom stereocenters. The number of ether oxygens (including phenoxy) is 1. The van der Waals surface area contributed by atoms with E-state index >= 15 is 0 Å². The van der Waals surface area contributed by atoms with Gasteiger partial charge in [0, 0.05) is 6.04 Å². The molecule has 1 aromatic carbocycles. The van der Waals surface area contributed by atoms with Crippen molar-refractivity contribution in [1.29, 1.82) is 0 Å². The first-order valence-electron chi connectivity index (χ1n) is 7.86. The molecule has 0 aliphatic heterocycles. The minimum Gasteiger partial charge on any atom is -0.462 e. The molecule has 0 spiro atoms. The molecule has 0 radical (unpaired) electrons. The van der Waals surface area contributed by atoms with Crippen LogP contribution in [0.4, 0.5) is 11.4 Å². The monoisotopic (exact) mass is 290 g/mol. The first kappa shape index (κ1) is 15.7. The standard InChI is InChI=1S/C17H26N2O2/c1-4-21-17(20)13-8-9-14(18)16(10-13)19-15-7-5-6-11(2)12(15)3/h8-12,15,19H,4-7,18H2,1-3H3. The zero-order chi connectivity index (χ0) is 15.4. The number of esters is 1. The molecule has 2 rings (SSSR count). The Morgan fingerprint density at radius 1 is 1.38 bits per heavy atom. The van der Waals surface area contributed by atoms with Gasteiger partial charge in [0.25, 0.3) is 0 Å². The van der Waals surface area contributed by atoms with Crippen LogP contribution in [0.15, 0.2) is 18.2 Å². The van der Waals surface area contributed by atoms with Crippen molar-refractivity contribution in [2.24, 2.45) is 11.8 Å². The zero-order valence-electron chi connectivity index (χ0n) is 13.2. The molecule has 3 atom stereocenters. The first-order chi connectivity index (χ1) is 10.0. The van der Waals surface area contributed by atoms with Crippen LogP contribution in [0, 0.1) is 11.8 Å². The summed E-state index contributed by atoms with van der Waals surface area (Å²) in [5.74, 6) is 1.01. The maximum Gasteiger partial charge on any atom is 0.338 e. The average molecular weight is 290 g/mol. The molecule has 1 aliphatic carbocycles. The van der Waals surface area contributed by atoms with Gasteiger partial charge in [0.15, 0.2) is 0 Å². The third kappa shape index (κ3) is 3.69. The first-order valence-corrected chi connectivity index (χ1v) is 7.86. The Kier molecular flexibility index (Phi) is 5.10. The van der Waals surface area contributed by atoms with E-state index in [2.05, 4.69) is 19.2 Å². The van der Waals surface area contributed by atoms with E-state index in [1.165, 1.54) is 12.8 Å². The number of benzene rings is 1. The molecule has 0 bridgehead atoms. The SMILES string of the molecule is CCOC(=O)c1ccc(N)c(NC2CCCC(C)C2C)c1. The van der Waals surface area contributed by atoms with Crippen molar-refractivity contribution in [3.63, 3.8) is 0 Å². The van der Waals surface area contributed by atoms with E-state index in [0.717, 1.165) is 12.1 Å². The summed E-state index contributed by atoms with van der Waals surface area (Å²) in [6, 6.07) is 5.70. The average Bonchev–Trinajstić information content (AvgIpc) is 2.46. The molecule has 116 valence electrons. The van der Waals surface area contributed by atoms with Gasteiger partial charge in [-0.3, -0.25) is 0 Å². The number of nitrogen functional groups attached to an aromatic ring is 1. The number of carbonyl (C=O) groups excluding carboxylic acids is 1. The van der Waals surface area contributed by atoms with Crippen molar-refractivity contribution in [2.75, 3.05) is 17.7 Å². The summed E-state index contributed by atoms with van der Waals surface area (Å²) >= 11 is 0. The summed E-state index contributed by atoms with van der Waals surface area (Å²) in [7, 11) is 0. The van der Waals surface area contributed by atoms with Crippen molar-refractivity contribution in [1.82, 2.24) is 0 Å². The van der Waals surface area contributed by atoms with Gasteiger partial charge in [-0.1, -0.05) is 26.7 Å². The van der Waals surface area contributed by atoms with E-state index in [1.54, 1.807) is 25.1 Å². The van der Waals surface area contributed by atoms with Crippen LogP contribution in [0.25, 0.3) is 0 Å². The topological polar surface area (TPSA) is 64.3 Å². The number of nitrogens with two attached hydrogens (primary N) is 1. The summed E-state index contributed by atoms with van der Waals surface area (Å²) in [6.07, 6.45) is 3.67. The molecule has 4 nitrogen and oxygen atoms in total. The minimum atomic E-state index is -0.300. The van der Waals surface area contributed by atoms with Gasteiger partial charge in [-0.25, -0.2) is 4.79 Å². The lowest BCUT2D eigenvalue weighted by Gasteiger charge is -2.35. The number of hydrogen-bond acceptors (Lipinski definition) is 4. The fraction of sp³-hybridized carbons (Fsp3) is 0.588. The van der Waals surface area contributed by atoms with Gasteiger partial charge < -0.3 is 15.8 Å². The number of rotatable bonds is 4. The fourth-order valence-electron chi connectivity index (χ4n) is 3.01. The highest BCUT2D eigenvalue weighted by Crippen LogP contribution is 2.33. The van der Waals surface area contributed by atoms with Crippen LogP contribution in [-0.4, -0.2) is 18.6 Å². The molecule has 0 amide bonds. The minimum absolute atomic E-state index is 0.300. The third-order valence-corrected chi connectivity index (χ3v) is 4.61. The van der Waals surface area contributed by atoms with E-state index in [1.807, 2.05) is 0 Å². The molecule has 21 heavy (non-hydrogen) atoms. The Balaban J connectivity index is 2.15. The second kappa shape index (κ2) is 6.83. The van der Waals surface area contributed by atoms with Gasteiger partial charge >= 0.3 is 5.97 Å². The second-order valence-electron chi connectivity index (χ2n) is 6.04. The Hall–Kier alpha value is -1.71. The lowest BCUT2D eigenvalue weighted by molar-refractivity contribution is 0.0526. The maximum absolute atomic E-state index is 11.8. The van der Waals surface area contributed by atoms with Gasteiger partial charge in [-0.15, -0.1) is 0 Å². The molecule has 0 heterocycles. The lowest BCUT2D eigenvalue weighted by Crippen LogP contribution is -2.35. The maximum atomic E-state index is 11.8. The predicted octanol–water partition coefficient (Wildman–Crippen LogP) is 3.68. The van der Waals surface area contributed by atoms with Crippen LogP contribution in [0.3, 0.4) is 0 Å². The molecule has 3 N–H and O–H groups in total. The molecule has 0 aromatic heterocycles. The molecular weight excluding hydrogens is 264 g/mol. The summed E-state index contributed by atoms with van der Waals surface area (Å²) in [4.78, 5) is 11.8. The number of anilines is 2.